The van der Waals surface area contributed by atoms with Gasteiger partial charge in [-0.3, -0.25) is 39.1 Å². The van der Waals surface area contributed by atoms with E-state index in [2.05, 4.69) is 10.2 Å². The van der Waals surface area contributed by atoms with E-state index >= 15 is 0 Å². The summed E-state index contributed by atoms with van der Waals surface area (Å²) in [7, 11) is 0. The van der Waals surface area contributed by atoms with E-state index in [1.807, 2.05) is 0 Å². The average Bonchev–Trinajstić information content (AvgIpc) is 3.12. The van der Waals surface area contributed by atoms with Crippen molar-refractivity contribution >= 4 is 29.6 Å². The number of carbonyl (C=O) groups is 5. The Bertz CT molecular complexity index is 879. The van der Waals surface area contributed by atoms with Gasteiger partial charge < -0.3 is 5.11 Å². The monoisotopic (exact) mass is 385 g/mol. The Morgan fingerprint density at radius 3 is 2.21 bits per heavy atom. The molecule has 146 valence electrons. The number of aliphatic carboxylic acids is 1. The van der Waals surface area contributed by atoms with Crippen LogP contribution in [0.15, 0.2) is 12.1 Å². The molecule has 4 amide bonds. The van der Waals surface area contributed by atoms with E-state index in [9.17, 15) is 24.0 Å². The highest BCUT2D eigenvalue weighted by molar-refractivity contribution is 6.23. The van der Waals surface area contributed by atoms with E-state index in [1.54, 1.807) is 12.1 Å². The van der Waals surface area contributed by atoms with Gasteiger partial charge in [0.1, 0.15) is 6.04 Å². The Labute approximate surface area is 160 Å². The fourth-order valence-electron chi connectivity index (χ4n) is 4.05. The summed E-state index contributed by atoms with van der Waals surface area (Å²) >= 11 is 0. The van der Waals surface area contributed by atoms with Gasteiger partial charge in [0, 0.05) is 25.9 Å². The number of carboxylic acids is 1. The second-order valence-corrected chi connectivity index (χ2v) is 7.32. The van der Waals surface area contributed by atoms with Crippen LogP contribution < -0.4 is 5.32 Å². The first-order chi connectivity index (χ1) is 13.3. The van der Waals surface area contributed by atoms with Gasteiger partial charge in [0.2, 0.25) is 11.8 Å². The molecule has 1 unspecified atom stereocenters. The SMILES string of the molecule is O=C(O)CCCN1Cc2cc3c(cc2C1)C(=O)N(C1CCC(=O)NC1=O)C3=O. The van der Waals surface area contributed by atoms with Crippen molar-refractivity contribution in [2.24, 2.45) is 0 Å². The molecule has 3 aliphatic rings. The molecule has 0 radical (unpaired) electrons. The highest BCUT2D eigenvalue weighted by atomic mass is 16.4. The third-order valence-electron chi connectivity index (χ3n) is 5.41. The van der Waals surface area contributed by atoms with Crippen LogP contribution in [0.2, 0.25) is 0 Å². The predicted octanol–water partition coefficient (Wildman–Crippen LogP) is 0.268. The summed E-state index contributed by atoms with van der Waals surface area (Å²) in [6, 6.07) is 2.44. The van der Waals surface area contributed by atoms with E-state index in [0.29, 0.717) is 26.1 Å². The minimum atomic E-state index is -0.965. The first kappa shape index (κ1) is 18.3. The zero-order valence-corrected chi connectivity index (χ0v) is 15.1. The van der Waals surface area contributed by atoms with Crippen LogP contribution in [-0.4, -0.2) is 57.1 Å². The van der Waals surface area contributed by atoms with Crippen LogP contribution >= 0.6 is 0 Å². The van der Waals surface area contributed by atoms with Crippen molar-refractivity contribution in [3.63, 3.8) is 0 Å². The molecule has 1 saturated heterocycles. The van der Waals surface area contributed by atoms with Gasteiger partial charge in [-0.1, -0.05) is 0 Å². The lowest BCUT2D eigenvalue weighted by molar-refractivity contribution is -0.138. The van der Waals surface area contributed by atoms with Crippen LogP contribution in [0, 0.1) is 0 Å². The molecule has 3 heterocycles. The molecular formula is C19H19N3O6. The van der Waals surface area contributed by atoms with Crippen molar-refractivity contribution in [1.29, 1.82) is 0 Å². The number of benzene rings is 1. The second kappa shape index (κ2) is 6.83. The summed E-state index contributed by atoms with van der Waals surface area (Å²) < 4.78 is 0. The highest BCUT2D eigenvalue weighted by Crippen LogP contribution is 2.33. The van der Waals surface area contributed by atoms with Gasteiger partial charge in [0.25, 0.3) is 11.8 Å². The summed E-state index contributed by atoms with van der Waals surface area (Å²) in [5.74, 6) is -2.88. The summed E-state index contributed by atoms with van der Waals surface area (Å²) in [5.41, 5.74) is 2.42. The second-order valence-electron chi connectivity index (χ2n) is 7.32. The molecule has 4 rings (SSSR count). The minimum absolute atomic E-state index is 0.0889. The number of fused-ring (bicyclic) bond motifs is 2. The quantitative estimate of drug-likeness (QED) is 0.697. The Kier molecular flexibility index (Phi) is 4.46. The zero-order chi connectivity index (χ0) is 20.0. The van der Waals surface area contributed by atoms with Crippen LogP contribution in [0.5, 0.6) is 0 Å². The minimum Gasteiger partial charge on any atom is -0.481 e. The van der Waals surface area contributed by atoms with Gasteiger partial charge in [-0.2, -0.15) is 0 Å². The van der Waals surface area contributed by atoms with E-state index in [1.165, 1.54) is 0 Å². The Morgan fingerprint density at radius 2 is 1.68 bits per heavy atom. The fourth-order valence-corrected chi connectivity index (χ4v) is 4.05. The van der Waals surface area contributed by atoms with Gasteiger partial charge >= 0.3 is 5.97 Å². The molecule has 28 heavy (non-hydrogen) atoms. The Hall–Kier alpha value is -3.07. The fraction of sp³-hybridized carbons (Fsp3) is 0.421. The maximum atomic E-state index is 12.8. The molecule has 1 aromatic rings. The molecule has 3 aliphatic heterocycles. The van der Waals surface area contributed by atoms with Crippen LogP contribution in [0.4, 0.5) is 0 Å². The predicted molar refractivity (Wildman–Crippen MR) is 94.1 cm³/mol. The standard InChI is InChI=1S/C19H19N3O6/c23-15-4-3-14(17(26)20-15)22-18(27)12-6-10-8-21(5-1-2-16(24)25)9-11(10)7-13(12)19(22)28/h6-7,14H,1-5,8-9H2,(H,24,25)(H,20,23,26). The zero-order valence-electron chi connectivity index (χ0n) is 15.1. The lowest BCUT2D eigenvalue weighted by atomic mass is 10.0. The van der Waals surface area contributed by atoms with Crippen molar-refractivity contribution in [2.45, 2.75) is 44.8 Å². The van der Waals surface area contributed by atoms with Crippen LogP contribution in [0.1, 0.15) is 57.5 Å². The molecule has 0 bridgehead atoms. The van der Waals surface area contributed by atoms with Crippen molar-refractivity contribution in [1.82, 2.24) is 15.1 Å². The number of imide groups is 2. The molecule has 9 heteroatoms. The third-order valence-corrected chi connectivity index (χ3v) is 5.41. The number of carboxylic acid groups (broad SMARTS) is 1. The summed E-state index contributed by atoms with van der Waals surface area (Å²) in [5, 5.41) is 10.9. The third kappa shape index (κ3) is 3.07. The number of hydrogen-bond acceptors (Lipinski definition) is 6. The maximum absolute atomic E-state index is 12.8. The molecule has 9 nitrogen and oxygen atoms in total. The van der Waals surface area contributed by atoms with Gasteiger partial charge in [-0.25, -0.2) is 0 Å². The Balaban J connectivity index is 1.52. The average molecular weight is 385 g/mol. The number of rotatable bonds is 5. The van der Waals surface area contributed by atoms with Gasteiger partial charge in [-0.05, 0) is 42.6 Å². The number of hydrogen-bond donors (Lipinski definition) is 2. The van der Waals surface area contributed by atoms with Crippen molar-refractivity contribution in [2.75, 3.05) is 6.54 Å². The summed E-state index contributed by atoms with van der Waals surface area (Å²) in [4.78, 5) is 62.8. The number of carbonyl (C=O) groups excluding carboxylic acids is 4. The molecule has 0 aromatic heterocycles. The van der Waals surface area contributed by atoms with Crippen molar-refractivity contribution < 1.29 is 29.1 Å². The van der Waals surface area contributed by atoms with Crippen LogP contribution in [-0.2, 0) is 27.5 Å². The van der Waals surface area contributed by atoms with Crippen molar-refractivity contribution in [3.8, 4) is 0 Å². The molecule has 0 aliphatic carbocycles. The Morgan fingerprint density at radius 1 is 1.07 bits per heavy atom. The van der Waals surface area contributed by atoms with E-state index in [-0.39, 0.29) is 30.4 Å². The molecule has 0 spiro atoms. The van der Waals surface area contributed by atoms with E-state index in [0.717, 1.165) is 16.0 Å². The number of amides is 4. The first-order valence-corrected chi connectivity index (χ1v) is 9.16. The summed E-state index contributed by atoms with van der Waals surface area (Å²) in [6.07, 6.45) is 0.851. The van der Waals surface area contributed by atoms with Crippen molar-refractivity contribution in [3.05, 3.63) is 34.4 Å². The van der Waals surface area contributed by atoms with Crippen LogP contribution in [0.25, 0.3) is 0 Å². The topological polar surface area (TPSA) is 124 Å². The number of nitrogens with one attached hydrogen (secondary N) is 1. The van der Waals surface area contributed by atoms with Gasteiger partial charge in [-0.15, -0.1) is 0 Å². The normalized spacial score (nSPS) is 21.7. The highest BCUT2D eigenvalue weighted by Gasteiger charge is 2.45. The van der Waals surface area contributed by atoms with E-state index < -0.39 is 35.6 Å². The molecule has 2 N–H and O–H groups in total. The molecule has 1 fully saturated rings. The molecule has 1 atom stereocenters. The molecule has 1 aromatic carbocycles. The largest absolute Gasteiger partial charge is 0.481 e. The lowest BCUT2D eigenvalue weighted by Gasteiger charge is -2.27. The number of piperidine rings is 1. The van der Waals surface area contributed by atoms with Crippen LogP contribution in [0.3, 0.4) is 0 Å². The first-order valence-electron chi connectivity index (χ1n) is 9.16. The molecular weight excluding hydrogens is 366 g/mol. The van der Waals surface area contributed by atoms with Gasteiger partial charge in [0.15, 0.2) is 0 Å². The smallest absolute Gasteiger partial charge is 0.303 e. The van der Waals surface area contributed by atoms with E-state index in [4.69, 9.17) is 5.11 Å². The maximum Gasteiger partial charge on any atom is 0.303 e. The summed E-state index contributed by atoms with van der Waals surface area (Å²) in [6.45, 7) is 1.79. The lowest BCUT2D eigenvalue weighted by Crippen LogP contribution is -2.54. The number of nitrogens with zero attached hydrogens (tertiary/aromatic N) is 2. The molecule has 0 saturated carbocycles. The van der Waals surface area contributed by atoms with Gasteiger partial charge in [0.05, 0.1) is 11.1 Å².